The van der Waals surface area contributed by atoms with Crippen molar-refractivity contribution < 1.29 is 22.4 Å². The number of thiophene rings is 1. The van der Waals surface area contributed by atoms with Crippen LogP contribution >= 0.6 is 11.3 Å². The van der Waals surface area contributed by atoms with Crippen LogP contribution in [0.4, 0.5) is 0 Å². The highest BCUT2D eigenvalue weighted by Gasteiger charge is 2.31. The smallest absolute Gasteiger partial charge is 0.309 e. The third-order valence-electron chi connectivity index (χ3n) is 4.07. The van der Waals surface area contributed by atoms with E-state index in [2.05, 4.69) is 10.2 Å². The van der Waals surface area contributed by atoms with Gasteiger partial charge in [0.05, 0.1) is 17.1 Å². The molecule has 0 bridgehead atoms. The summed E-state index contributed by atoms with van der Waals surface area (Å²) in [5, 5.41) is 9.81. The van der Waals surface area contributed by atoms with Crippen molar-refractivity contribution in [3.05, 3.63) is 23.4 Å². The van der Waals surface area contributed by atoms with Gasteiger partial charge in [0.15, 0.2) is 6.10 Å². The van der Waals surface area contributed by atoms with E-state index < -0.39 is 16.1 Å². The van der Waals surface area contributed by atoms with Gasteiger partial charge in [0.1, 0.15) is 0 Å². The van der Waals surface area contributed by atoms with Gasteiger partial charge in [0, 0.05) is 13.1 Å². The number of piperidine rings is 1. The van der Waals surface area contributed by atoms with Crippen molar-refractivity contribution in [3.63, 3.8) is 0 Å². The number of hydrogen-bond acceptors (Lipinski definition) is 8. The molecule has 1 aliphatic heterocycles. The maximum atomic E-state index is 12.3. The van der Waals surface area contributed by atoms with Crippen molar-refractivity contribution in [2.75, 3.05) is 19.3 Å². The molecule has 1 fully saturated rings. The van der Waals surface area contributed by atoms with E-state index in [1.807, 2.05) is 17.5 Å². The summed E-state index contributed by atoms with van der Waals surface area (Å²) in [6.45, 7) is 2.33. The van der Waals surface area contributed by atoms with E-state index in [4.69, 9.17) is 9.15 Å². The zero-order chi connectivity index (χ0) is 18.0. The van der Waals surface area contributed by atoms with Crippen LogP contribution in [-0.2, 0) is 19.6 Å². The molecule has 0 amide bonds. The number of aromatic nitrogens is 2. The Morgan fingerprint density at radius 3 is 2.72 bits per heavy atom. The monoisotopic (exact) mass is 385 g/mol. The number of carbonyl (C=O) groups excluding carboxylic acids is 1. The van der Waals surface area contributed by atoms with E-state index in [0.29, 0.717) is 31.8 Å². The van der Waals surface area contributed by atoms with Crippen molar-refractivity contribution in [2.45, 2.75) is 25.9 Å². The number of rotatable bonds is 5. The quantitative estimate of drug-likeness (QED) is 0.726. The minimum absolute atomic E-state index is 0.241. The molecule has 3 heterocycles. The molecule has 25 heavy (non-hydrogen) atoms. The number of hydrogen-bond donors (Lipinski definition) is 0. The van der Waals surface area contributed by atoms with Gasteiger partial charge in [-0.3, -0.25) is 4.79 Å². The van der Waals surface area contributed by atoms with Crippen LogP contribution in [-0.4, -0.2) is 48.2 Å². The van der Waals surface area contributed by atoms with Crippen LogP contribution in [0.1, 0.15) is 31.8 Å². The van der Waals surface area contributed by atoms with Gasteiger partial charge in [-0.25, -0.2) is 12.7 Å². The first-order valence-corrected chi connectivity index (χ1v) is 10.6. The predicted molar refractivity (Wildman–Crippen MR) is 91.3 cm³/mol. The molecule has 0 N–H and O–H groups in total. The summed E-state index contributed by atoms with van der Waals surface area (Å²) in [6, 6.07) is 3.75. The molecule has 1 saturated heterocycles. The average molecular weight is 385 g/mol. The van der Waals surface area contributed by atoms with Gasteiger partial charge >= 0.3 is 5.97 Å². The normalized spacial score (nSPS) is 18.2. The van der Waals surface area contributed by atoms with Crippen LogP contribution in [0.15, 0.2) is 21.9 Å². The van der Waals surface area contributed by atoms with Gasteiger partial charge in [-0.2, -0.15) is 0 Å². The fourth-order valence-corrected chi connectivity index (χ4v) is 4.16. The first-order chi connectivity index (χ1) is 11.8. The molecule has 8 nitrogen and oxygen atoms in total. The van der Waals surface area contributed by atoms with Crippen LogP contribution in [0.2, 0.25) is 0 Å². The molecule has 0 radical (unpaired) electrons. The Labute approximate surface area is 149 Å². The Morgan fingerprint density at radius 1 is 1.40 bits per heavy atom. The van der Waals surface area contributed by atoms with Crippen LogP contribution in [0.25, 0.3) is 10.8 Å². The molecule has 2 aromatic rings. The zero-order valence-electron chi connectivity index (χ0n) is 13.9. The zero-order valence-corrected chi connectivity index (χ0v) is 15.5. The predicted octanol–water partition coefficient (Wildman–Crippen LogP) is 2.07. The lowest BCUT2D eigenvalue weighted by molar-refractivity contribution is -0.156. The first kappa shape index (κ1) is 18.0. The molecular formula is C15H19N3O5S2. The lowest BCUT2D eigenvalue weighted by Gasteiger charge is -2.29. The number of nitrogens with zero attached hydrogens (tertiary/aromatic N) is 3. The fourth-order valence-electron chi connectivity index (χ4n) is 2.64. The summed E-state index contributed by atoms with van der Waals surface area (Å²) in [4.78, 5) is 13.1. The van der Waals surface area contributed by atoms with E-state index in [9.17, 15) is 13.2 Å². The van der Waals surface area contributed by atoms with E-state index in [-0.39, 0.29) is 17.8 Å². The highest BCUT2D eigenvalue weighted by atomic mass is 32.2. The fraction of sp³-hybridized carbons (Fsp3) is 0.533. The van der Waals surface area contributed by atoms with E-state index in [1.54, 1.807) is 6.92 Å². The molecule has 10 heteroatoms. The standard InChI is InChI=1S/C15H19N3O5S2/c1-10(13-16-17-14(23-13)12-4-3-9-24-12)22-15(19)11-5-7-18(8-6-11)25(2,20)21/h3-4,9-11H,5-8H2,1-2H3/t10-/m1/s1. The largest absolute Gasteiger partial charge is 0.452 e. The molecular weight excluding hydrogens is 366 g/mol. The summed E-state index contributed by atoms with van der Waals surface area (Å²) in [5.74, 6) is -0.0451. The molecule has 0 saturated carbocycles. The van der Waals surface area contributed by atoms with Crippen LogP contribution in [0, 0.1) is 5.92 Å². The van der Waals surface area contributed by atoms with E-state index in [1.165, 1.54) is 21.9 Å². The Hall–Kier alpha value is -1.78. The number of esters is 1. The maximum absolute atomic E-state index is 12.3. The maximum Gasteiger partial charge on any atom is 0.309 e. The summed E-state index contributed by atoms with van der Waals surface area (Å²) in [5.41, 5.74) is 0. The minimum Gasteiger partial charge on any atom is -0.452 e. The van der Waals surface area contributed by atoms with Crippen LogP contribution in [0.3, 0.4) is 0 Å². The molecule has 0 aromatic carbocycles. The second kappa shape index (κ2) is 7.22. The van der Waals surface area contributed by atoms with Gasteiger partial charge < -0.3 is 9.15 Å². The number of ether oxygens (including phenoxy) is 1. The van der Waals surface area contributed by atoms with E-state index >= 15 is 0 Å². The van der Waals surface area contributed by atoms with Gasteiger partial charge in [0.25, 0.3) is 11.8 Å². The molecule has 3 rings (SSSR count). The van der Waals surface area contributed by atoms with Crippen molar-refractivity contribution >= 4 is 27.3 Å². The van der Waals surface area contributed by atoms with Gasteiger partial charge in [-0.05, 0) is 31.2 Å². The molecule has 0 aliphatic carbocycles. The van der Waals surface area contributed by atoms with Crippen molar-refractivity contribution in [2.24, 2.45) is 5.92 Å². The van der Waals surface area contributed by atoms with E-state index in [0.717, 1.165) is 4.88 Å². The third-order valence-corrected chi connectivity index (χ3v) is 6.23. The van der Waals surface area contributed by atoms with Gasteiger partial charge in [-0.15, -0.1) is 21.5 Å². The molecule has 0 unspecified atom stereocenters. The summed E-state index contributed by atoms with van der Waals surface area (Å²) >= 11 is 1.48. The van der Waals surface area contributed by atoms with Crippen molar-refractivity contribution in [1.29, 1.82) is 0 Å². The summed E-state index contributed by atoms with van der Waals surface area (Å²) in [7, 11) is -3.21. The second-order valence-electron chi connectivity index (χ2n) is 5.94. The minimum atomic E-state index is -3.21. The van der Waals surface area contributed by atoms with Crippen LogP contribution in [0.5, 0.6) is 0 Å². The second-order valence-corrected chi connectivity index (χ2v) is 8.87. The topological polar surface area (TPSA) is 103 Å². The number of carbonyl (C=O) groups is 1. The average Bonchev–Trinajstić information content (AvgIpc) is 3.25. The highest BCUT2D eigenvalue weighted by molar-refractivity contribution is 7.88. The molecule has 1 atom stereocenters. The lowest BCUT2D eigenvalue weighted by atomic mass is 9.98. The molecule has 136 valence electrons. The molecule has 2 aromatic heterocycles. The Balaban J connectivity index is 1.56. The third kappa shape index (κ3) is 4.25. The first-order valence-electron chi connectivity index (χ1n) is 7.87. The van der Waals surface area contributed by atoms with Crippen LogP contribution < -0.4 is 0 Å². The Kier molecular flexibility index (Phi) is 5.21. The SMILES string of the molecule is C[C@@H](OC(=O)C1CCN(S(C)(=O)=O)CC1)c1nnc(-c2cccs2)o1. The molecule has 0 spiro atoms. The number of sulfonamides is 1. The Bertz CT molecular complexity index is 823. The molecule has 1 aliphatic rings. The summed E-state index contributed by atoms with van der Waals surface area (Å²) in [6.07, 6.45) is 1.42. The summed E-state index contributed by atoms with van der Waals surface area (Å²) < 4.78 is 35.4. The lowest BCUT2D eigenvalue weighted by Crippen LogP contribution is -2.40. The van der Waals surface area contributed by atoms with Crippen molar-refractivity contribution in [1.82, 2.24) is 14.5 Å². The van der Waals surface area contributed by atoms with Gasteiger partial charge in [0.2, 0.25) is 10.0 Å². The highest BCUT2D eigenvalue weighted by Crippen LogP contribution is 2.27. The van der Waals surface area contributed by atoms with Crippen molar-refractivity contribution in [3.8, 4) is 10.8 Å². The van der Waals surface area contributed by atoms with Gasteiger partial charge in [-0.1, -0.05) is 6.07 Å². The Morgan fingerprint density at radius 2 is 2.12 bits per heavy atom.